The maximum Gasteiger partial charge on any atom is 0.194 e. The summed E-state index contributed by atoms with van der Waals surface area (Å²) >= 11 is 1.66. The largest absolute Gasteiger partial charge is 0.399 e. The number of aryl methyl sites for hydroxylation is 2. The van der Waals surface area contributed by atoms with Crippen LogP contribution in [-0.4, -0.2) is 9.38 Å². The molecule has 4 heteroatoms. The van der Waals surface area contributed by atoms with Crippen molar-refractivity contribution in [1.29, 1.82) is 0 Å². The lowest BCUT2D eigenvalue weighted by Gasteiger charge is -2.05. The van der Waals surface area contributed by atoms with Crippen LogP contribution in [0.4, 0.5) is 5.69 Å². The summed E-state index contributed by atoms with van der Waals surface area (Å²) in [6.07, 6.45) is 2.09. The average Bonchev–Trinajstić information content (AvgIpc) is 3.08. The van der Waals surface area contributed by atoms with Gasteiger partial charge in [-0.3, -0.25) is 4.40 Å². The molecule has 0 bridgehead atoms. The van der Waals surface area contributed by atoms with Crippen LogP contribution >= 0.6 is 11.3 Å². The predicted molar refractivity (Wildman–Crippen MR) is 97.8 cm³/mol. The maximum absolute atomic E-state index is 5.89. The summed E-state index contributed by atoms with van der Waals surface area (Å²) in [6.45, 7) is 4.27. The molecule has 2 aromatic heterocycles. The van der Waals surface area contributed by atoms with Crippen molar-refractivity contribution in [2.75, 3.05) is 5.73 Å². The molecule has 0 unspecified atom stereocenters. The average molecular weight is 319 g/mol. The van der Waals surface area contributed by atoms with E-state index in [0.717, 1.165) is 21.9 Å². The first-order chi connectivity index (χ1) is 11.1. The number of anilines is 1. The fourth-order valence-corrected chi connectivity index (χ4v) is 3.79. The van der Waals surface area contributed by atoms with Gasteiger partial charge in [0.15, 0.2) is 4.96 Å². The molecule has 0 fully saturated rings. The van der Waals surface area contributed by atoms with E-state index in [0.29, 0.717) is 0 Å². The molecular formula is C19H17N3S. The van der Waals surface area contributed by atoms with Crippen molar-refractivity contribution in [3.05, 3.63) is 65.2 Å². The number of nitrogens with zero attached hydrogens (tertiary/aromatic N) is 2. The van der Waals surface area contributed by atoms with Crippen molar-refractivity contribution in [1.82, 2.24) is 9.38 Å². The molecule has 0 saturated heterocycles. The summed E-state index contributed by atoms with van der Waals surface area (Å²) in [6, 6.07) is 14.4. The van der Waals surface area contributed by atoms with E-state index >= 15 is 0 Å². The van der Waals surface area contributed by atoms with Gasteiger partial charge in [-0.25, -0.2) is 4.98 Å². The minimum atomic E-state index is 0.758. The highest BCUT2D eigenvalue weighted by atomic mass is 32.1. The van der Waals surface area contributed by atoms with Gasteiger partial charge >= 0.3 is 0 Å². The SMILES string of the molecule is Cc1ccc(-c2csc3nc(-c4cccc(N)c4)cn23)c(C)c1. The molecule has 2 heterocycles. The Morgan fingerprint density at radius 2 is 1.96 bits per heavy atom. The number of rotatable bonds is 2. The fourth-order valence-electron chi connectivity index (χ4n) is 2.92. The first kappa shape index (κ1) is 14.0. The molecule has 0 radical (unpaired) electrons. The zero-order chi connectivity index (χ0) is 16.0. The molecule has 2 N–H and O–H groups in total. The molecule has 3 nitrogen and oxygen atoms in total. The van der Waals surface area contributed by atoms with Crippen LogP contribution in [-0.2, 0) is 0 Å². The van der Waals surface area contributed by atoms with Gasteiger partial charge in [0.1, 0.15) is 0 Å². The van der Waals surface area contributed by atoms with Crippen molar-refractivity contribution in [2.24, 2.45) is 0 Å². The van der Waals surface area contributed by atoms with E-state index in [1.54, 1.807) is 11.3 Å². The molecule has 114 valence electrons. The third kappa shape index (κ3) is 2.41. The normalized spacial score (nSPS) is 11.2. The van der Waals surface area contributed by atoms with Gasteiger partial charge < -0.3 is 5.73 Å². The second kappa shape index (κ2) is 5.25. The highest BCUT2D eigenvalue weighted by molar-refractivity contribution is 7.15. The Bertz CT molecular complexity index is 1010. The number of nitrogen functional groups attached to an aromatic ring is 1. The number of aromatic nitrogens is 2. The summed E-state index contributed by atoms with van der Waals surface area (Å²) < 4.78 is 2.17. The molecule has 0 spiro atoms. The van der Waals surface area contributed by atoms with E-state index in [2.05, 4.69) is 48.0 Å². The van der Waals surface area contributed by atoms with Crippen molar-refractivity contribution in [3.8, 4) is 22.5 Å². The number of benzene rings is 2. The summed E-state index contributed by atoms with van der Waals surface area (Å²) in [5.74, 6) is 0. The van der Waals surface area contributed by atoms with Gasteiger partial charge in [-0.15, -0.1) is 11.3 Å². The Balaban J connectivity index is 1.87. The zero-order valence-corrected chi connectivity index (χ0v) is 13.9. The maximum atomic E-state index is 5.89. The molecule has 2 aromatic carbocycles. The Morgan fingerprint density at radius 3 is 2.74 bits per heavy atom. The molecular weight excluding hydrogens is 302 g/mol. The van der Waals surface area contributed by atoms with Crippen molar-refractivity contribution >= 4 is 22.0 Å². The van der Waals surface area contributed by atoms with Crippen molar-refractivity contribution in [3.63, 3.8) is 0 Å². The Kier molecular flexibility index (Phi) is 3.20. The number of hydrogen-bond donors (Lipinski definition) is 1. The number of imidazole rings is 1. The molecule has 4 rings (SSSR count). The van der Waals surface area contributed by atoms with Crippen LogP contribution in [0.25, 0.3) is 27.5 Å². The Labute approximate surface area is 139 Å². The molecule has 0 aliphatic rings. The molecule has 23 heavy (non-hydrogen) atoms. The summed E-state index contributed by atoms with van der Waals surface area (Å²) in [5.41, 5.74) is 13.6. The van der Waals surface area contributed by atoms with Gasteiger partial charge in [0.25, 0.3) is 0 Å². The van der Waals surface area contributed by atoms with Crippen LogP contribution < -0.4 is 5.73 Å². The number of hydrogen-bond acceptors (Lipinski definition) is 3. The Morgan fingerprint density at radius 1 is 1.09 bits per heavy atom. The lowest BCUT2D eigenvalue weighted by atomic mass is 10.0. The van der Waals surface area contributed by atoms with Gasteiger partial charge in [-0.1, -0.05) is 35.9 Å². The quantitative estimate of drug-likeness (QED) is 0.532. The highest BCUT2D eigenvalue weighted by Gasteiger charge is 2.12. The molecule has 0 saturated carbocycles. The third-order valence-electron chi connectivity index (χ3n) is 4.05. The monoisotopic (exact) mass is 319 g/mol. The number of fused-ring (bicyclic) bond motifs is 1. The van der Waals surface area contributed by atoms with E-state index in [9.17, 15) is 0 Å². The fraction of sp³-hybridized carbons (Fsp3) is 0.105. The third-order valence-corrected chi connectivity index (χ3v) is 4.89. The van der Waals surface area contributed by atoms with E-state index in [1.165, 1.54) is 22.4 Å². The summed E-state index contributed by atoms with van der Waals surface area (Å²) in [5, 5.41) is 2.17. The minimum Gasteiger partial charge on any atom is -0.399 e. The zero-order valence-electron chi connectivity index (χ0n) is 13.1. The molecule has 0 aliphatic carbocycles. The number of thiazole rings is 1. The topological polar surface area (TPSA) is 43.3 Å². The molecule has 0 atom stereocenters. The number of nitrogens with two attached hydrogens (primary N) is 1. The summed E-state index contributed by atoms with van der Waals surface area (Å²) in [7, 11) is 0. The van der Waals surface area contributed by atoms with Crippen LogP contribution in [0, 0.1) is 13.8 Å². The first-order valence-electron chi connectivity index (χ1n) is 7.52. The minimum absolute atomic E-state index is 0.758. The highest BCUT2D eigenvalue weighted by Crippen LogP contribution is 2.31. The van der Waals surface area contributed by atoms with Crippen molar-refractivity contribution < 1.29 is 0 Å². The first-order valence-corrected chi connectivity index (χ1v) is 8.40. The van der Waals surface area contributed by atoms with Gasteiger partial charge in [0, 0.05) is 28.4 Å². The van der Waals surface area contributed by atoms with E-state index in [4.69, 9.17) is 10.7 Å². The summed E-state index contributed by atoms with van der Waals surface area (Å²) in [4.78, 5) is 5.74. The molecule has 0 amide bonds. The molecule has 4 aromatic rings. The second-order valence-electron chi connectivity index (χ2n) is 5.84. The van der Waals surface area contributed by atoms with Crippen LogP contribution in [0.1, 0.15) is 11.1 Å². The van der Waals surface area contributed by atoms with Crippen LogP contribution in [0.15, 0.2) is 54.0 Å². The van der Waals surface area contributed by atoms with E-state index in [-0.39, 0.29) is 0 Å². The van der Waals surface area contributed by atoms with Crippen LogP contribution in [0.5, 0.6) is 0 Å². The van der Waals surface area contributed by atoms with Gasteiger partial charge in [0.05, 0.1) is 11.4 Å². The second-order valence-corrected chi connectivity index (χ2v) is 6.68. The standard InChI is InChI=1S/C19H17N3S/c1-12-6-7-16(13(2)8-12)18-11-23-19-21-17(10-22(18)19)14-4-3-5-15(20)9-14/h3-11H,20H2,1-2H3. The van der Waals surface area contributed by atoms with Crippen LogP contribution in [0.2, 0.25) is 0 Å². The van der Waals surface area contributed by atoms with Gasteiger partial charge in [0.2, 0.25) is 0 Å². The lowest BCUT2D eigenvalue weighted by molar-refractivity contribution is 1.22. The van der Waals surface area contributed by atoms with Gasteiger partial charge in [-0.05, 0) is 31.5 Å². The molecule has 0 aliphatic heterocycles. The smallest absolute Gasteiger partial charge is 0.194 e. The van der Waals surface area contributed by atoms with E-state index < -0.39 is 0 Å². The van der Waals surface area contributed by atoms with E-state index in [1.807, 2.05) is 24.3 Å². The lowest BCUT2D eigenvalue weighted by Crippen LogP contribution is -1.88. The van der Waals surface area contributed by atoms with Crippen molar-refractivity contribution in [2.45, 2.75) is 13.8 Å². The van der Waals surface area contributed by atoms with Gasteiger partial charge in [-0.2, -0.15) is 0 Å². The Hall–Kier alpha value is -2.59. The van der Waals surface area contributed by atoms with Crippen LogP contribution in [0.3, 0.4) is 0 Å². The predicted octanol–water partition coefficient (Wildman–Crippen LogP) is 4.93.